The van der Waals surface area contributed by atoms with Gasteiger partial charge in [0.25, 0.3) is 11.8 Å². The molecule has 0 aromatic rings. The molecule has 4 aliphatic rings. The van der Waals surface area contributed by atoms with Crippen LogP contribution in [-0.4, -0.2) is 145 Å². The monoisotopic (exact) mass is 702 g/mol. The number of hydrogen-bond donors (Lipinski definition) is 4. The van der Waals surface area contributed by atoms with Gasteiger partial charge in [-0.2, -0.15) is 0 Å². The summed E-state index contributed by atoms with van der Waals surface area (Å²) in [4.78, 5) is 78.5. The molecule has 2 spiro atoms. The summed E-state index contributed by atoms with van der Waals surface area (Å²) in [6, 6.07) is -0.947. The number of urea groups is 2. The van der Waals surface area contributed by atoms with Gasteiger partial charge < -0.3 is 35.6 Å². The summed E-state index contributed by atoms with van der Waals surface area (Å²) in [5.41, 5.74) is 2.33. The van der Waals surface area contributed by atoms with E-state index in [0.29, 0.717) is 25.9 Å². The molecule has 4 saturated heterocycles. The molecule has 0 radical (unpaired) electrons. The number of nitrogens with zero attached hydrogens (tertiary/aromatic N) is 4. The van der Waals surface area contributed by atoms with Gasteiger partial charge >= 0.3 is 24.2 Å². The molecule has 4 heterocycles. The standard InChI is InChI=1S/C15H26N4O6S.C14H24N4O4/c1-14(2,3)25-13(22)18-8-5-15(6-9-18)11(20)19(12(21)17-15)10-7-16-26(4,23)24;1-13(2,3)22-12(21)17-7-4-14(5-8-17)10(19)18(9-6-15)11(20)16-14/h16H,5-10H2,1-4H3,(H,17,21);4-9,15H2,1-3H3,(H,16,20). The van der Waals surface area contributed by atoms with Crippen molar-refractivity contribution in [3.8, 4) is 0 Å². The Kier molecular flexibility index (Phi) is 11.6. The summed E-state index contributed by atoms with van der Waals surface area (Å²) in [5, 5.41) is 5.47. The summed E-state index contributed by atoms with van der Waals surface area (Å²) in [7, 11) is -3.39. The number of amides is 8. The van der Waals surface area contributed by atoms with Crippen LogP contribution in [0.25, 0.3) is 0 Å². The molecular weight excluding hydrogens is 652 g/mol. The van der Waals surface area contributed by atoms with E-state index >= 15 is 0 Å². The number of rotatable bonds is 6. The molecule has 0 bridgehead atoms. The summed E-state index contributed by atoms with van der Waals surface area (Å²) >= 11 is 0. The number of nitrogens with one attached hydrogen (secondary N) is 3. The van der Waals surface area contributed by atoms with E-state index in [1.807, 2.05) is 20.8 Å². The zero-order valence-electron chi connectivity index (χ0n) is 28.8. The van der Waals surface area contributed by atoms with Crippen molar-refractivity contribution in [3.05, 3.63) is 0 Å². The van der Waals surface area contributed by atoms with Crippen LogP contribution in [0.1, 0.15) is 67.2 Å². The van der Waals surface area contributed by atoms with Crippen LogP contribution in [0, 0.1) is 0 Å². The lowest BCUT2D eigenvalue weighted by molar-refractivity contribution is -0.133. The van der Waals surface area contributed by atoms with Crippen molar-refractivity contribution < 1.29 is 46.7 Å². The number of hydrogen-bond acceptors (Lipinski definition) is 11. The van der Waals surface area contributed by atoms with Crippen molar-refractivity contribution in [1.82, 2.24) is 35.0 Å². The molecule has 19 heteroatoms. The zero-order chi connectivity index (χ0) is 36.3. The van der Waals surface area contributed by atoms with E-state index in [-0.39, 0.29) is 63.9 Å². The molecule has 48 heavy (non-hydrogen) atoms. The van der Waals surface area contributed by atoms with Crippen LogP contribution in [0.4, 0.5) is 19.2 Å². The number of likely N-dealkylation sites (tertiary alicyclic amines) is 2. The SMILES string of the molecule is CC(C)(C)OC(=O)N1CCC2(CC1)NC(=O)N(CCN)C2=O.CC(C)(C)OC(=O)N1CCC2(CC1)NC(=O)N(CCNS(C)(=O)=O)C2=O. The maximum atomic E-state index is 12.7. The summed E-state index contributed by atoms with van der Waals surface area (Å²) in [5.74, 6) is -0.631. The fourth-order valence-electron chi connectivity index (χ4n) is 5.70. The van der Waals surface area contributed by atoms with Gasteiger partial charge in [0.15, 0.2) is 0 Å². The molecule has 0 atom stereocenters. The van der Waals surface area contributed by atoms with Gasteiger partial charge in [0, 0.05) is 52.4 Å². The molecule has 4 rings (SSSR count). The minimum absolute atomic E-state index is 0.0435. The van der Waals surface area contributed by atoms with E-state index in [0.717, 1.165) is 16.1 Å². The molecule has 18 nitrogen and oxygen atoms in total. The molecule has 0 aromatic carbocycles. The molecule has 8 amide bonds. The largest absolute Gasteiger partial charge is 0.444 e. The van der Waals surface area contributed by atoms with Crippen molar-refractivity contribution in [1.29, 1.82) is 0 Å². The Morgan fingerprint density at radius 1 is 0.750 bits per heavy atom. The third-order valence-electron chi connectivity index (χ3n) is 8.08. The van der Waals surface area contributed by atoms with Gasteiger partial charge in [-0.05, 0) is 67.2 Å². The molecule has 272 valence electrons. The van der Waals surface area contributed by atoms with Crippen molar-refractivity contribution in [2.45, 2.75) is 89.5 Å². The van der Waals surface area contributed by atoms with Crippen LogP contribution in [0.2, 0.25) is 0 Å². The number of sulfonamides is 1. The van der Waals surface area contributed by atoms with Crippen molar-refractivity contribution in [2.24, 2.45) is 5.73 Å². The van der Waals surface area contributed by atoms with Crippen LogP contribution in [0.15, 0.2) is 0 Å². The number of carbonyl (C=O) groups excluding carboxylic acids is 6. The van der Waals surface area contributed by atoms with Gasteiger partial charge in [0.1, 0.15) is 22.3 Å². The summed E-state index contributed by atoms with van der Waals surface area (Å²) in [6.45, 7) is 12.4. The van der Waals surface area contributed by atoms with Gasteiger partial charge in [-0.25, -0.2) is 32.3 Å². The number of imide groups is 2. The van der Waals surface area contributed by atoms with Gasteiger partial charge in [0.05, 0.1) is 6.26 Å². The predicted octanol–water partition coefficient (Wildman–Crippen LogP) is 0.124. The average molecular weight is 703 g/mol. The highest BCUT2D eigenvalue weighted by Crippen LogP contribution is 2.31. The first-order valence-electron chi connectivity index (χ1n) is 15.9. The van der Waals surface area contributed by atoms with Gasteiger partial charge in [-0.1, -0.05) is 0 Å². The van der Waals surface area contributed by atoms with Crippen molar-refractivity contribution in [3.63, 3.8) is 0 Å². The van der Waals surface area contributed by atoms with Gasteiger partial charge in [-0.3, -0.25) is 19.4 Å². The molecule has 0 saturated carbocycles. The lowest BCUT2D eigenvalue weighted by atomic mass is 9.87. The Balaban J connectivity index is 0.000000264. The smallest absolute Gasteiger partial charge is 0.410 e. The number of ether oxygens (including phenoxy) is 2. The molecule has 4 aliphatic heterocycles. The number of piperidine rings is 2. The maximum absolute atomic E-state index is 12.7. The molecule has 0 aliphatic carbocycles. The zero-order valence-corrected chi connectivity index (χ0v) is 29.7. The van der Waals surface area contributed by atoms with Crippen molar-refractivity contribution in [2.75, 3.05) is 58.6 Å². The predicted molar refractivity (Wildman–Crippen MR) is 172 cm³/mol. The highest BCUT2D eigenvalue weighted by atomic mass is 32.2. The fourth-order valence-corrected chi connectivity index (χ4v) is 6.17. The Bertz CT molecular complexity index is 1370. The first-order valence-corrected chi connectivity index (χ1v) is 17.8. The molecule has 0 unspecified atom stereocenters. The molecule has 5 N–H and O–H groups in total. The molecule has 4 fully saturated rings. The van der Waals surface area contributed by atoms with Crippen LogP contribution < -0.4 is 21.1 Å². The quantitative estimate of drug-likeness (QED) is 0.272. The van der Waals surface area contributed by atoms with E-state index < -0.39 is 56.6 Å². The molecular formula is C29H50N8O10S. The third kappa shape index (κ3) is 9.68. The Morgan fingerprint density at radius 3 is 1.42 bits per heavy atom. The van der Waals surface area contributed by atoms with Gasteiger partial charge in [0.2, 0.25) is 10.0 Å². The Labute approximate surface area is 281 Å². The van der Waals surface area contributed by atoms with Crippen LogP contribution in [0.3, 0.4) is 0 Å². The Hall–Kier alpha value is -3.71. The lowest BCUT2D eigenvalue weighted by Crippen LogP contribution is -2.56. The van der Waals surface area contributed by atoms with E-state index in [4.69, 9.17) is 15.2 Å². The van der Waals surface area contributed by atoms with Crippen LogP contribution in [0.5, 0.6) is 0 Å². The van der Waals surface area contributed by atoms with Gasteiger partial charge in [-0.15, -0.1) is 0 Å². The van der Waals surface area contributed by atoms with E-state index in [2.05, 4.69) is 15.4 Å². The van der Waals surface area contributed by atoms with E-state index in [1.165, 1.54) is 4.90 Å². The summed E-state index contributed by atoms with van der Waals surface area (Å²) < 4.78 is 35.1. The second-order valence-electron chi connectivity index (χ2n) is 14.3. The summed E-state index contributed by atoms with van der Waals surface area (Å²) in [6.07, 6.45) is 1.51. The highest BCUT2D eigenvalue weighted by molar-refractivity contribution is 7.88. The average Bonchev–Trinajstić information content (AvgIpc) is 3.31. The van der Waals surface area contributed by atoms with Crippen molar-refractivity contribution >= 4 is 46.1 Å². The number of carbonyl (C=O) groups is 6. The second-order valence-corrected chi connectivity index (χ2v) is 16.2. The highest BCUT2D eigenvalue weighted by Gasteiger charge is 2.54. The normalized spacial score (nSPS) is 20.8. The fraction of sp³-hybridized carbons (Fsp3) is 0.793. The Morgan fingerprint density at radius 2 is 1.10 bits per heavy atom. The third-order valence-corrected chi connectivity index (χ3v) is 8.81. The minimum Gasteiger partial charge on any atom is -0.444 e. The first kappa shape index (κ1) is 38.7. The van der Waals surface area contributed by atoms with E-state index in [1.54, 1.807) is 25.7 Å². The van der Waals surface area contributed by atoms with E-state index in [9.17, 15) is 37.2 Å². The second kappa shape index (κ2) is 14.4. The molecule has 0 aromatic heterocycles. The van der Waals surface area contributed by atoms with Crippen LogP contribution >= 0.6 is 0 Å². The van der Waals surface area contributed by atoms with Crippen LogP contribution in [-0.2, 0) is 29.1 Å². The number of nitrogens with two attached hydrogens (primary N) is 1. The maximum Gasteiger partial charge on any atom is 0.410 e. The topological polar surface area (TPSA) is 230 Å². The minimum atomic E-state index is -3.39. The lowest BCUT2D eigenvalue weighted by Gasteiger charge is -2.37. The first-order chi connectivity index (χ1) is 22.0.